The fraction of sp³-hybridized carbons (Fsp3) is 0.364. The van der Waals surface area contributed by atoms with Crippen LogP contribution in [-0.4, -0.2) is 62.7 Å². The Kier molecular flexibility index (Phi) is 4.63. The van der Waals surface area contributed by atoms with E-state index in [2.05, 4.69) is 23.2 Å². The van der Waals surface area contributed by atoms with Gasteiger partial charge in [-0.1, -0.05) is 30.3 Å². The summed E-state index contributed by atoms with van der Waals surface area (Å²) in [5.74, 6) is -0.159. The highest BCUT2D eigenvalue weighted by Crippen LogP contribution is 2.37. The Morgan fingerprint density at radius 3 is 2.41 bits per heavy atom. The van der Waals surface area contributed by atoms with Crippen LogP contribution in [0, 0.1) is 0 Å². The molecule has 0 spiro atoms. The van der Waals surface area contributed by atoms with Crippen molar-refractivity contribution in [1.82, 2.24) is 14.8 Å². The first-order chi connectivity index (χ1) is 14.0. The maximum Gasteiger partial charge on any atom is 0.254 e. The van der Waals surface area contributed by atoms with Crippen molar-refractivity contribution in [3.63, 3.8) is 0 Å². The highest BCUT2D eigenvalue weighted by Gasteiger charge is 2.50. The lowest BCUT2D eigenvalue weighted by Crippen LogP contribution is -2.52. The molecular weight excluding hydrogens is 386 g/mol. The van der Waals surface area contributed by atoms with Gasteiger partial charge in [0.05, 0.1) is 15.7 Å². The monoisotopic (exact) mass is 409 g/mol. The number of rotatable bonds is 4. The Morgan fingerprint density at radius 2 is 1.72 bits per heavy atom. The van der Waals surface area contributed by atoms with E-state index < -0.39 is 11.8 Å². The predicted octanol–water partition coefficient (Wildman–Crippen LogP) is 2.62. The van der Waals surface area contributed by atoms with E-state index in [4.69, 9.17) is 0 Å². The molecule has 2 fully saturated rings. The third kappa shape index (κ3) is 3.55. The van der Waals surface area contributed by atoms with Gasteiger partial charge in [-0.15, -0.1) is 11.3 Å². The summed E-state index contributed by atoms with van der Waals surface area (Å²) < 4.78 is 1.17. The summed E-state index contributed by atoms with van der Waals surface area (Å²) in [5, 5.41) is 20.8. The van der Waals surface area contributed by atoms with Gasteiger partial charge < -0.3 is 15.1 Å². The number of aliphatic hydroxyl groups excluding tert-OH is 1. The quantitative estimate of drug-likeness (QED) is 0.693. The average Bonchev–Trinajstić information content (AvgIpc) is 3.34. The second-order valence-electron chi connectivity index (χ2n) is 7.89. The first-order valence-corrected chi connectivity index (χ1v) is 10.8. The molecule has 2 heterocycles. The highest BCUT2D eigenvalue weighted by atomic mass is 32.1. The van der Waals surface area contributed by atoms with Crippen molar-refractivity contribution in [3.8, 4) is 11.1 Å². The van der Waals surface area contributed by atoms with Crippen LogP contribution in [0.15, 0.2) is 48.0 Å². The predicted molar refractivity (Wildman–Crippen MR) is 112 cm³/mol. The smallest absolute Gasteiger partial charge is 0.254 e. The molecule has 3 aromatic rings. The second kappa shape index (κ2) is 7.18. The lowest BCUT2D eigenvalue weighted by molar-refractivity contribution is -0.146. The van der Waals surface area contributed by atoms with Crippen molar-refractivity contribution in [2.75, 3.05) is 26.2 Å². The highest BCUT2D eigenvalue weighted by molar-refractivity contribution is 7.16. The number of thiazole rings is 1. The van der Waals surface area contributed by atoms with Crippen LogP contribution >= 0.6 is 11.3 Å². The van der Waals surface area contributed by atoms with Gasteiger partial charge in [-0.3, -0.25) is 9.69 Å². The second-order valence-corrected chi connectivity index (χ2v) is 8.78. The Bertz CT molecular complexity index is 1040. The van der Waals surface area contributed by atoms with E-state index >= 15 is 0 Å². The minimum absolute atomic E-state index is 0.159. The molecule has 0 radical (unpaired) electrons. The summed E-state index contributed by atoms with van der Waals surface area (Å²) in [6, 6.07) is 14.2. The molecule has 1 aromatic heterocycles. The molecule has 2 aliphatic rings. The van der Waals surface area contributed by atoms with Crippen LogP contribution in [0.2, 0.25) is 0 Å². The zero-order valence-corrected chi connectivity index (χ0v) is 16.8. The van der Waals surface area contributed by atoms with E-state index in [-0.39, 0.29) is 5.91 Å². The summed E-state index contributed by atoms with van der Waals surface area (Å²) in [4.78, 5) is 20.3. The van der Waals surface area contributed by atoms with Crippen molar-refractivity contribution < 1.29 is 15.0 Å². The van der Waals surface area contributed by atoms with Crippen LogP contribution in [0.1, 0.15) is 24.6 Å². The van der Waals surface area contributed by atoms with Gasteiger partial charge in [0, 0.05) is 26.2 Å². The molecule has 1 amide bonds. The van der Waals surface area contributed by atoms with Crippen molar-refractivity contribution in [1.29, 1.82) is 0 Å². The third-order valence-corrected chi connectivity index (χ3v) is 6.75. The standard InChI is InChI=1S/C22H23N3O3S/c26-20(24-9-11-25(12-10-24)21(27)22(28)7-8-22)16-3-1-15(2-4-16)17-5-6-19-18(13-17)23-14-29-19/h1-6,13-14,20,26,28H,7-12H2. The van der Waals surface area contributed by atoms with Gasteiger partial charge in [0.15, 0.2) is 0 Å². The van der Waals surface area contributed by atoms with E-state index in [1.807, 2.05) is 34.7 Å². The van der Waals surface area contributed by atoms with Crippen molar-refractivity contribution in [2.45, 2.75) is 24.7 Å². The molecule has 6 nitrogen and oxygen atoms in total. The molecule has 2 aromatic carbocycles. The lowest BCUT2D eigenvalue weighted by atomic mass is 10.0. The number of hydrogen-bond donors (Lipinski definition) is 2. The largest absolute Gasteiger partial charge is 0.380 e. The van der Waals surface area contributed by atoms with E-state index in [0.717, 1.165) is 22.2 Å². The molecule has 5 rings (SSSR count). The molecular formula is C22H23N3O3S. The van der Waals surface area contributed by atoms with Gasteiger partial charge in [-0.2, -0.15) is 0 Å². The number of hydrogen-bond acceptors (Lipinski definition) is 6. The normalized spacial score (nSPS) is 20.0. The van der Waals surface area contributed by atoms with E-state index in [1.165, 1.54) is 4.70 Å². The average molecular weight is 410 g/mol. The molecule has 2 N–H and O–H groups in total. The lowest BCUT2D eigenvalue weighted by Gasteiger charge is -2.38. The van der Waals surface area contributed by atoms with E-state index in [9.17, 15) is 15.0 Å². The van der Waals surface area contributed by atoms with E-state index in [0.29, 0.717) is 39.0 Å². The molecule has 1 aliphatic carbocycles. The maximum atomic E-state index is 12.3. The summed E-state index contributed by atoms with van der Waals surface area (Å²) in [5.41, 5.74) is 4.77. The molecule has 29 heavy (non-hydrogen) atoms. The SMILES string of the molecule is O=C(N1CCN(C(O)c2ccc(-c3ccc4scnc4c3)cc2)CC1)C1(O)CC1. The van der Waals surface area contributed by atoms with Gasteiger partial charge in [0.1, 0.15) is 11.8 Å². The topological polar surface area (TPSA) is 76.9 Å². The number of carbonyl (C=O) groups is 1. The van der Waals surface area contributed by atoms with Gasteiger partial charge in [0.25, 0.3) is 5.91 Å². The summed E-state index contributed by atoms with van der Waals surface area (Å²) in [6.07, 6.45) is 0.429. The van der Waals surface area contributed by atoms with Crippen LogP contribution in [0.5, 0.6) is 0 Å². The van der Waals surface area contributed by atoms with Crippen molar-refractivity contribution in [3.05, 3.63) is 53.5 Å². The van der Waals surface area contributed by atoms with Crippen molar-refractivity contribution >= 4 is 27.5 Å². The number of carbonyl (C=O) groups excluding carboxylic acids is 1. The maximum absolute atomic E-state index is 12.3. The molecule has 0 bridgehead atoms. The number of aromatic nitrogens is 1. The summed E-state index contributed by atoms with van der Waals surface area (Å²) in [7, 11) is 0. The first kappa shape index (κ1) is 18.7. The minimum atomic E-state index is -1.11. The molecule has 1 aliphatic heterocycles. The van der Waals surface area contributed by atoms with E-state index in [1.54, 1.807) is 16.2 Å². The van der Waals surface area contributed by atoms with Gasteiger partial charge in [-0.05, 0) is 41.7 Å². The van der Waals surface area contributed by atoms with Crippen molar-refractivity contribution in [2.24, 2.45) is 0 Å². The molecule has 1 saturated carbocycles. The van der Waals surface area contributed by atoms with Gasteiger partial charge in [0.2, 0.25) is 0 Å². The van der Waals surface area contributed by atoms with Crippen LogP contribution < -0.4 is 0 Å². The fourth-order valence-electron chi connectivity index (χ4n) is 3.89. The van der Waals surface area contributed by atoms with Gasteiger partial charge in [-0.25, -0.2) is 4.98 Å². The molecule has 1 saturated heterocycles. The molecule has 1 unspecified atom stereocenters. The Hall–Kier alpha value is -2.32. The molecule has 1 atom stereocenters. The number of aliphatic hydroxyl groups is 2. The van der Waals surface area contributed by atoms with Crippen LogP contribution in [0.25, 0.3) is 21.3 Å². The number of benzene rings is 2. The van der Waals surface area contributed by atoms with Crippen LogP contribution in [0.4, 0.5) is 0 Å². The molecule has 7 heteroatoms. The summed E-state index contributed by atoms with van der Waals surface area (Å²) >= 11 is 1.63. The first-order valence-electron chi connectivity index (χ1n) is 9.91. The number of fused-ring (bicyclic) bond motifs is 1. The Labute approximate surface area is 173 Å². The number of piperazine rings is 1. The van der Waals surface area contributed by atoms with Crippen LogP contribution in [0.3, 0.4) is 0 Å². The third-order valence-electron chi connectivity index (χ3n) is 5.94. The zero-order chi connectivity index (χ0) is 20.0. The number of nitrogens with zero attached hydrogens (tertiary/aromatic N) is 3. The fourth-order valence-corrected chi connectivity index (χ4v) is 4.55. The molecule has 150 valence electrons. The summed E-state index contributed by atoms with van der Waals surface area (Å²) in [6.45, 7) is 2.24. The zero-order valence-electron chi connectivity index (χ0n) is 16.0. The Balaban J connectivity index is 1.24. The number of amides is 1. The minimum Gasteiger partial charge on any atom is -0.380 e. The van der Waals surface area contributed by atoms with Gasteiger partial charge >= 0.3 is 0 Å². The van der Waals surface area contributed by atoms with Crippen LogP contribution in [-0.2, 0) is 4.79 Å². The Morgan fingerprint density at radius 1 is 1.03 bits per heavy atom.